The SMILES string of the molecule is O=P(O)(O)O.O=P(O)(O)O.[AlH3].[MgH2].[MgH2].[MgH2]. The van der Waals surface area contributed by atoms with Gasteiger partial charge in [0.25, 0.3) is 0 Å². The second-order valence-electron chi connectivity index (χ2n) is 1.03. The van der Waals surface area contributed by atoms with Gasteiger partial charge < -0.3 is 29.4 Å². The van der Waals surface area contributed by atoms with Crippen LogP contribution in [0.5, 0.6) is 0 Å². The summed E-state index contributed by atoms with van der Waals surface area (Å²) in [5.41, 5.74) is 0. The second-order valence-corrected chi connectivity index (χ2v) is 3.08. The maximum absolute atomic E-state index is 8.88. The van der Waals surface area contributed by atoms with Crippen molar-refractivity contribution in [2.24, 2.45) is 0 Å². The third-order valence-corrected chi connectivity index (χ3v) is 0. The molecule has 0 rings (SSSR count). The lowest BCUT2D eigenvalue weighted by atomic mass is 15.8. The molecule has 0 unspecified atom stereocenters. The Balaban J connectivity index is -0.0000000178. The third kappa shape index (κ3) is 319. The number of phosphoric acid groups is 2. The molecule has 0 aliphatic rings. The van der Waals surface area contributed by atoms with Gasteiger partial charge in [0.1, 0.15) is 0 Å². The maximum Gasteiger partial charge on any atom is 0.466 e. The molecule has 0 bridgehead atoms. The minimum atomic E-state index is -4.64. The molecule has 0 aliphatic heterocycles. The van der Waals surface area contributed by atoms with Gasteiger partial charge in [-0.25, -0.2) is 9.13 Å². The lowest BCUT2D eigenvalue weighted by Crippen LogP contribution is -1.66. The fourth-order valence-corrected chi connectivity index (χ4v) is 0. The van der Waals surface area contributed by atoms with Crippen LogP contribution >= 0.6 is 15.6 Å². The molecular weight excluding hydrogens is 290 g/mol. The Morgan fingerprint density at radius 2 is 0.571 bits per heavy atom. The Hall–Kier alpha value is 3.05. The van der Waals surface area contributed by atoms with Crippen LogP contribution in [0.25, 0.3) is 0 Å². The fourth-order valence-electron chi connectivity index (χ4n) is 0. The van der Waals surface area contributed by atoms with Crippen molar-refractivity contribution in [3.63, 3.8) is 0 Å². The Morgan fingerprint density at radius 1 is 0.571 bits per heavy atom. The minimum Gasteiger partial charge on any atom is -0.303 e. The summed E-state index contributed by atoms with van der Waals surface area (Å²) in [6, 6.07) is 0. The summed E-state index contributed by atoms with van der Waals surface area (Å²) < 4.78 is 17.8. The summed E-state index contributed by atoms with van der Waals surface area (Å²) in [6.07, 6.45) is 0. The zero-order chi connectivity index (χ0) is 9.00. The molecule has 0 aromatic carbocycles. The van der Waals surface area contributed by atoms with E-state index in [1.165, 1.54) is 0 Å². The van der Waals surface area contributed by atoms with Crippen molar-refractivity contribution in [2.75, 3.05) is 0 Å². The van der Waals surface area contributed by atoms with Gasteiger partial charge in [-0.2, -0.15) is 0 Å². The van der Waals surface area contributed by atoms with Crippen LogP contribution in [0.4, 0.5) is 0 Å². The van der Waals surface area contributed by atoms with Crippen LogP contribution in [0.15, 0.2) is 0 Å². The van der Waals surface area contributed by atoms with Gasteiger partial charge in [0.15, 0.2) is 17.4 Å². The van der Waals surface area contributed by atoms with E-state index in [1.807, 2.05) is 0 Å². The normalized spacial score (nSPS) is 8.43. The Morgan fingerprint density at radius 3 is 0.571 bits per heavy atom. The molecule has 0 saturated heterocycles. The molecule has 0 heterocycles. The molecule has 0 radical (unpaired) electrons. The molecule has 6 N–H and O–H groups in total. The van der Waals surface area contributed by atoms with E-state index in [1.54, 1.807) is 0 Å². The fraction of sp³-hybridized carbons (Fsp3) is 0. The number of hydrogen-bond acceptors (Lipinski definition) is 2. The van der Waals surface area contributed by atoms with Crippen LogP contribution in [0, 0.1) is 0 Å². The van der Waals surface area contributed by atoms with Crippen LogP contribution in [-0.4, -0.2) is 116 Å². The van der Waals surface area contributed by atoms with E-state index in [9.17, 15) is 0 Å². The summed E-state index contributed by atoms with van der Waals surface area (Å²) >= 11 is 0. The van der Waals surface area contributed by atoms with Crippen molar-refractivity contribution < 1.29 is 38.5 Å². The highest BCUT2D eigenvalue weighted by Crippen LogP contribution is 2.26. The average Bonchev–Trinajstić information content (AvgIpc) is 1.12. The quantitative estimate of drug-likeness (QED) is 0.191. The Bertz CT molecular complexity index is 135. The summed E-state index contributed by atoms with van der Waals surface area (Å²) in [4.78, 5) is 43.1. The van der Waals surface area contributed by atoms with E-state index in [0.29, 0.717) is 0 Å². The van der Waals surface area contributed by atoms with Crippen molar-refractivity contribution in [1.29, 1.82) is 0 Å². The second kappa shape index (κ2) is 16.1. The largest absolute Gasteiger partial charge is 0.466 e. The average molecular weight is 305 g/mol. The first-order valence-corrected chi connectivity index (χ1v) is 4.70. The lowest BCUT2D eigenvalue weighted by Gasteiger charge is -1.82. The van der Waals surface area contributed by atoms with Crippen molar-refractivity contribution in [2.45, 2.75) is 0 Å². The van der Waals surface area contributed by atoms with Crippen LogP contribution < -0.4 is 0 Å². The predicted octanol–water partition coefficient (Wildman–Crippen LogP) is -5.79. The summed E-state index contributed by atoms with van der Waals surface area (Å²) in [5, 5.41) is 0. The molecule has 0 aromatic heterocycles. The molecule has 0 saturated carbocycles. The number of rotatable bonds is 0. The Kier molecular flexibility index (Phi) is 41.2. The summed E-state index contributed by atoms with van der Waals surface area (Å²) in [6.45, 7) is 0. The molecule has 82 valence electrons. The highest BCUT2D eigenvalue weighted by atomic mass is 31.2. The van der Waals surface area contributed by atoms with Gasteiger partial charge >= 0.3 is 84.8 Å². The highest BCUT2D eigenvalue weighted by molar-refractivity contribution is 7.45. The molecule has 0 aromatic rings. The van der Waals surface area contributed by atoms with Gasteiger partial charge in [0, 0.05) is 0 Å². The molecule has 8 nitrogen and oxygen atoms in total. The third-order valence-electron chi connectivity index (χ3n) is 0. The van der Waals surface area contributed by atoms with Crippen molar-refractivity contribution in [3.05, 3.63) is 0 Å². The van der Waals surface area contributed by atoms with Crippen LogP contribution in [-0.2, 0) is 9.13 Å². The maximum atomic E-state index is 8.88. The van der Waals surface area contributed by atoms with Crippen molar-refractivity contribution in [1.82, 2.24) is 0 Å². The van der Waals surface area contributed by atoms with E-state index >= 15 is 0 Å². The van der Waals surface area contributed by atoms with Crippen molar-refractivity contribution in [3.8, 4) is 0 Å². The molecule has 0 aliphatic carbocycles. The molecular formula is H15AlMg3O8P2. The zero-order valence-electron chi connectivity index (χ0n) is 4.39. The molecule has 0 amide bonds. The van der Waals surface area contributed by atoms with Gasteiger partial charge in [-0.15, -0.1) is 0 Å². The van der Waals surface area contributed by atoms with E-state index in [4.69, 9.17) is 38.5 Å². The predicted molar refractivity (Wildman–Crippen MR) is 64.1 cm³/mol. The molecule has 14 heteroatoms. The van der Waals surface area contributed by atoms with Crippen molar-refractivity contribution >= 4 is 102 Å². The van der Waals surface area contributed by atoms with E-state index in [-0.39, 0.29) is 86.5 Å². The van der Waals surface area contributed by atoms with Gasteiger partial charge in [-0.1, -0.05) is 0 Å². The minimum absolute atomic E-state index is 0. The first-order valence-electron chi connectivity index (χ1n) is 1.57. The van der Waals surface area contributed by atoms with Gasteiger partial charge in [-0.05, 0) is 0 Å². The first kappa shape index (κ1) is 36.0. The van der Waals surface area contributed by atoms with E-state index in [2.05, 4.69) is 0 Å². The standard InChI is InChI=1S/Al.3Mg.2H3O4P.9H/c;;;;2*1-5(2,3)4;;;;;;;;;/h;;;;2*(H3,1,2,3,4);;;;;;;;;. The van der Waals surface area contributed by atoms with Gasteiger partial charge in [0.05, 0.1) is 0 Å². The van der Waals surface area contributed by atoms with Crippen LogP contribution in [0.1, 0.15) is 0 Å². The highest BCUT2D eigenvalue weighted by Gasteiger charge is 2.00. The number of hydrogen-bond donors (Lipinski definition) is 6. The van der Waals surface area contributed by atoms with Crippen LogP contribution in [0.3, 0.4) is 0 Å². The summed E-state index contributed by atoms with van der Waals surface area (Å²) in [5.74, 6) is 0. The smallest absolute Gasteiger partial charge is 0.303 e. The first-order chi connectivity index (χ1) is 4.00. The zero-order valence-corrected chi connectivity index (χ0v) is 6.18. The molecule has 14 heavy (non-hydrogen) atoms. The Labute approximate surface area is 139 Å². The summed E-state index contributed by atoms with van der Waals surface area (Å²) in [7, 11) is -9.28. The van der Waals surface area contributed by atoms with E-state index < -0.39 is 15.6 Å². The monoisotopic (exact) mass is 304 g/mol. The lowest BCUT2D eigenvalue weighted by molar-refractivity contribution is 0.272. The molecule has 0 fully saturated rings. The van der Waals surface area contributed by atoms with Crippen LogP contribution in [0.2, 0.25) is 0 Å². The van der Waals surface area contributed by atoms with Gasteiger partial charge in [-0.3, -0.25) is 0 Å². The molecule has 0 spiro atoms. The van der Waals surface area contributed by atoms with E-state index in [0.717, 1.165) is 0 Å². The topological polar surface area (TPSA) is 156 Å². The van der Waals surface area contributed by atoms with Gasteiger partial charge in [0.2, 0.25) is 0 Å². The molecule has 0 atom stereocenters.